The number of nitrogens with one attached hydrogen (secondary N) is 2. The van der Waals surface area contributed by atoms with Crippen LogP contribution in [0.15, 0.2) is 23.2 Å². The Balaban J connectivity index is 0.00000576. The molecule has 1 heterocycles. The Hall–Kier alpha value is -0.930. The molecule has 0 radical (unpaired) electrons. The summed E-state index contributed by atoms with van der Waals surface area (Å²) in [5.74, 6) is 0.781. The topological polar surface area (TPSA) is 67.8 Å². The van der Waals surface area contributed by atoms with Crippen LogP contribution in [0.4, 0.5) is 0 Å². The zero-order valence-electron chi connectivity index (χ0n) is 15.7. The second-order valence-corrected chi connectivity index (χ2v) is 5.47. The molecule has 0 spiro atoms. The van der Waals surface area contributed by atoms with Crippen LogP contribution in [0.2, 0.25) is 0 Å². The summed E-state index contributed by atoms with van der Waals surface area (Å²) in [6.45, 7) is 11.0. The van der Waals surface area contributed by atoms with Crippen molar-refractivity contribution in [1.29, 1.82) is 0 Å². The Kier molecular flexibility index (Phi) is 15.9. The number of nitrogens with zero attached hydrogens (tertiary/aromatic N) is 2. The van der Waals surface area contributed by atoms with Crippen molar-refractivity contribution in [3.8, 4) is 0 Å². The average molecular weight is 464 g/mol. The first-order valence-electron chi connectivity index (χ1n) is 8.86. The first-order chi connectivity index (χ1) is 11.8. The van der Waals surface area contributed by atoms with Crippen molar-refractivity contribution in [3.05, 3.63) is 29.6 Å². The van der Waals surface area contributed by atoms with E-state index in [9.17, 15) is 0 Å². The second-order valence-electron chi connectivity index (χ2n) is 5.47. The molecule has 25 heavy (non-hydrogen) atoms. The number of rotatable bonds is 12. The number of guanidine groups is 1. The van der Waals surface area contributed by atoms with Crippen LogP contribution in [0.5, 0.6) is 0 Å². The van der Waals surface area contributed by atoms with Gasteiger partial charge in [-0.1, -0.05) is 19.4 Å². The summed E-state index contributed by atoms with van der Waals surface area (Å²) >= 11 is 0. The number of hydrogen-bond acceptors (Lipinski definition) is 4. The molecular weight excluding hydrogens is 431 g/mol. The summed E-state index contributed by atoms with van der Waals surface area (Å²) in [7, 11) is 0. The van der Waals surface area contributed by atoms with Gasteiger partial charge in [0.25, 0.3) is 0 Å². The van der Waals surface area contributed by atoms with E-state index in [2.05, 4.69) is 27.5 Å². The highest BCUT2D eigenvalue weighted by atomic mass is 127. The number of ether oxygens (including phenoxy) is 2. The third-order valence-corrected chi connectivity index (χ3v) is 3.24. The van der Waals surface area contributed by atoms with E-state index in [-0.39, 0.29) is 24.0 Å². The van der Waals surface area contributed by atoms with Gasteiger partial charge in [-0.3, -0.25) is 4.98 Å². The number of hydrogen-bond donors (Lipinski definition) is 2. The minimum atomic E-state index is 0. The predicted molar refractivity (Wildman–Crippen MR) is 114 cm³/mol. The highest BCUT2D eigenvalue weighted by molar-refractivity contribution is 14.0. The fourth-order valence-electron chi connectivity index (χ4n) is 2.00. The summed E-state index contributed by atoms with van der Waals surface area (Å²) in [5, 5.41) is 6.49. The fourth-order valence-corrected chi connectivity index (χ4v) is 2.00. The number of aromatic nitrogens is 1. The maximum atomic E-state index is 5.54. The van der Waals surface area contributed by atoms with E-state index in [4.69, 9.17) is 9.47 Å². The van der Waals surface area contributed by atoms with Gasteiger partial charge in [0.05, 0.1) is 32.1 Å². The highest BCUT2D eigenvalue weighted by Crippen LogP contribution is 1.99. The first kappa shape index (κ1) is 24.1. The van der Waals surface area contributed by atoms with E-state index in [0.29, 0.717) is 32.9 Å². The second kappa shape index (κ2) is 16.5. The molecule has 0 aromatic carbocycles. The largest absolute Gasteiger partial charge is 0.379 e. The minimum Gasteiger partial charge on any atom is -0.379 e. The number of halogens is 1. The SMILES string of the molecule is CCCCOCCOCCNC(=NCc1cccc(C)n1)NCC.I. The molecule has 144 valence electrons. The molecule has 0 atom stereocenters. The van der Waals surface area contributed by atoms with Gasteiger partial charge in [-0.05, 0) is 32.4 Å². The molecule has 6 nitrogen and oxygen atoms in total. The number of aliphatic imine (C=N–C) groups is 1. The molecule has 0 amide bonds. The lowest BCUT2D eigenvalue weighted by Crippen LogP contribution is -2.39. The summed E-state index contributed by atoms with van der Waals surface area (Å²) < 4.78 is 11.0. The summed E-state index contributed by atoms with van der Waals surface area (Å²) in [6, 6.07) is 5.98. The smallest absolute Gasteiger partial charge is 0.191 e. The molecule has 2 N–H and O–H groups in total. The highest BCUT2D eigenvalue weighted by Gasteiger charge is 1.98. The molecule has 0 bridgehead atoms. The van der Waals surface area contributed by atoms with Gasteiger partial charge >= 0.3 is 0 Å². The van der Waals surface area contributed by atoms with Gasteiger partial charge in [-0.25, -0.2) is 4.99 Å². The van der Waals surface area contributed by atoms with Crippen LogP contribution in [-0.2, 0) is 16.0 Å². The van der Waals surface area contributed by atoms with Crippen molar-refractivity contribution in [1.82, 2.24) is 15.6 Å². The van der Waals surface area contributed by atoms with Gasteiger partial charge in [0.15, 0.2) is 5.96 Å². The Labute approximate surface area is 169 Å². The molecule has 7 heteroatoms. The number of pyridine rings is 1. The van der Waals surface area contributed by atoms with Gasteiger partial charge in [0.1, 0.15) is 0 Å². The van der Waals surface area contributed by atoms with Crippen molar-refractivity contribution in [2.75, 3.05) is 39.5 Å². The zero-order valence-corrected chi connectivity index (χ0v) is 18.0. The molecule has 1 aromatic rings. The first-order valence-corrected chi connectivity index (χ1v) is 8.86. The van der Waals surface area contributed by atoms with E-state index in [1.54, 1.807) is 0 Å². The average Bonchev–Trinajstić information content (AvgIpc) is 2.58. The molecular formula is C18H33IN4O2. The zero-order chi connectivity index (χ0) is 17.5. The maximum absolute atomic E-state index is 5.54. The van der Waals surface area contributed by atoms with E-state index in [0.717, 1.165) is 43.3 Å². The fraction of sp³-hybridized carbons (Fsp3) is 0.667. The van der Waals surface area contributed by atoms with Gasteiger partial charge in [-0.2, -0.15) is 0 Å². The Morgan fingerprint density at radius 3 is 2.52 bits per heavy atom. The lowest BCUT2D eigenvalue weighted by atomic mass is 10.3. The normalized spacial score (nSPS) is 11.1. The predicted octanol–water partition coefficient (Wildman–Crippen LogP) is 2.90. The Morgan fingerprint density at radius 1 is 1.08 bits per heavy atom. The van der Waals surface area contributed by atoms with Crippen molar-refractivity contribution in [3.63, 3.8) is 0 Å². The van der Waals surface area contributed by atoms with Crippen LogP contribution in [0.3, 0.4) is 0 Å². The van der Waals surface area contributed by atoms with Crippen LogP contribution in [0.1, 0.15) is 38.1 Å². The lowest BCUT2D eigenvalue weighted by Gasteiger charge is -2.11. The van der Waals surface area contributed by atoms with E-state index in [1.807, 2.05) is 32.0 Å². The summed E-state index contributed by atoms with van der Waals surface area (Å²) in [4.78, 5) is 9.00. The molecule has 1 aromatic heterocycles. The third kappa shape index (κ3) is 13.0. The van der Waals surface area contributed by atoms with Gasteiger partial charge < -0.3 is 20.1 Å². The van der Waals surface area contributed by atoms with Crippen molar-refractivity contribution in [2.45, 2.75) is 40.2 Å². The molecule has 0 aliphatic carbocycles. The van der Waals surface area contributed by atoms with E-state index < -0.39 is 0 Å². The van der Waals surface area contributed by atoms with Crippen LogP contribution >= 0.6 is 24.0 Å². The third-order valence-electron chi connectivity index (χ3n) is 3.24. The summed E-state index contributed by atoms with van der Waals surface area (Å²) in [5.41, 5.74) is 1.97. The van der Waals surface area contributed by atoms with Crippen LogP contribution in [-0.4, -0.2) is 50.5 Å². The van der Waals surface area contributed by atoms with Gasteiger partial charge in [0, 0.05) is 25.4 Å². The molecule has 0 aliphatic heterocycles. The van der Waals surface area contributed by atoms with Crippen LogP contribution in [0, 0.1) is 6.92 Å². The Bertz CT molecular complexity index is 472. The standard InChI is InChI=1S/C18H32N4O2.HI/c1-4-6-11-23-13-14-24-12-10-20-18(19-5-2)21-15-17-9-7-8-16(3)22-17;/h7-9H,4-6,10-15H2,1-3H3,(H2,19,20,21);1H. The molecule has 0 aliphatic rings. The number of aryl methyl sites for hydroxylation is 1. The lowest BCUT2D eigenvalue weighted by molar-refractivity contribution is 0.0487. The van der Waals surface area contributed by atoms with E-state index >= 15 is 0 Å². The van der Waals surface area contributed by atoms with Crippen LogP contribution in [0.25, 0.3) is 0 Å². The van der Waals surface area contributed by atoms with Crippen molar-refractivity contribution >= 4 is 29.9 Å². The molecule has 0 saturated heterocycles. The summed E-state index contributed by atoms with van der Waals surface area (Å²) in [6.07, 6.45) is 2.27. The van der Waals surface area contributed by atoms with Gasteiger partial charge in [-0.15, -0.1) is 24.0 Å². The molecule has 0 saturated carbocycles. The molecule has 0 fully saturated rings. The quantitative estimate of drug-likeness (QED) is 0.216. The monoisotopic (exact) mass is 464 g/mol. The van der Waals surface area contributed by atoms with Gasteiger partial charge in [0.2, 0.25) is 0 Å². The Morgan fingerprint density at radius 2 is 1.84 bits per heavy atom. The van der Waals surface area contributed by atoms with Crippen molar-refractivity contribution in [2.24, 2.45) is 4.99 Å². The van der Waals surface area contributed by atoms with E-state index in [1.165, 1.54) is 0 Å². The van der Waals surface area contributed by atoms with Crippen LogP contribution < -0.4 is 10.6 Å². The van der Waals surface area contributed by atoms with Crippen molar-refractivity contribution < 1.29 is 9.47 Å². The number of unbranched alkanes of at least 4 members (excludes halogenated alkanes) is 1. The molecule has 0 unspecified atom stereocenters. The molecule has 1 rings (SSSR count). The minimum absolute atomic E-state index is 0. The maximum Gasteiger partial charge on any atom is 0.191 e.